The number of anilines is 1. The van der Waals surface area contributed by atoms with Gasteiger partial charge in [0, 0.05) is 42.5 Å². The van der Waals surface area contributed by atoms with Gasteiger partial charge in [-0.05, 0) is 51.7 Å². The number of imidazole rings is 1. The van der Waals surface area contributed by atoms with Crippen molar-refractivity contribution in [1.29, 1.82) is 0 Å². The summed E-state index contributed by atoms with van der Waals surface area (Å²) in [5, 5.41) is 3.44. The van der Waals surface area contributed by atoms with Gasteiger partial charge in [0.1, 0.15) is 5.65 Å². The summed E-state index contributed by atoms with van der Waals surface area (Å²) in [4.78, 5) is 8.92. The summed E-state index contributed by atoms with van der Waals surface area (Å²) in [6, 6.07) is 8.83. The molecule has 0 aliphatic carbocycles. The number of aromatic nitrogens is 3. The van der Waals surface area contributed by atoms with E-state index in [0.29, 0.717) is 28.9 Å². The summed E-state index contributed by atoms with van der Waals surface area (Å²) in [7, 11) is -3.26. The van der Waals surface area contributed by atoms with E-state index in [1.807, 2.05) is 26.8 Å². The molecule has 1 atom stereocenters. The lowest BCUT2D eigenvalue weighted by Crippen LogP contribution is -2.20. The highest BCUT2D eigenvalue weighted by Crippen LogP contribution is 2.23. The van der Waals surface area contributed by atoms with E-state index in [1.54, 1.807) is 40.9 Å². The van der Waals surface area contributed by atoms with Crippen LogP contribution in [0.1, 0.15) is 53.2 Å². The maximum Gasteiger partial charge on any atom is 0.206 e. The zero-order valence-electron chi connectivity index (χ0n) is 22.5. The molecule has 3 rings (SSSR count). The largest absolute Gasteiger partial charge is 0.369 e. The van der Waals surface area contributed by atoms with Crippen LogP contribution in [-0.4, -0.2) is 41.8 Å². The predicted octanol–water partition coefficient (Wildman–Crippen LogP) is 4.58. The van der Waals surface area contributed by atoms with Crippen LogP contribution in [0.4, 0.5) is 5.95 Å². The Kier molecular flexibility index (Phi) is 12.3. The van der Waals surface area contributed by atoms with Gasteiger partial charge in [-0.15, -0.1) is 0 Å². The third-order valence-corrected chi connectivity index (χ3v) is 6.26. The number of hydrazone groups is 1. The molecule has 0 spiro atoms. The first kappa shape index (κ1) is 30.8. The number of nitrogen functional groups attached to an aromatic ring is 1. The molecule has 36 heavy (non-hydrogen) atoms. The van der Waals surface area contributed by atoms with Gasteiger partial charge in [-0.3, -0.25) is 9.83 Å². The number of sulfone groups is 1. The van der Waals surface area contributed by atoms with Gasteiger partial charge < -0.3 is 11.5 Å². The molecule has 0 saturated heterocycles. The summed E-state index contributed by atoms with van der Waals surface area (Å²) in [6.07, 6.45) is 7.17. The molecule has 0 aliphatic heterocycles. The number of hydrogen-bond donors (Lipinski definition) is 3. The molecule has 0 radical (unpaired) electrons. The van der Waals surface area contributed by atoms with Crippen molar-refractivity contribution in [1.82, 2.24) is 19.8 Å². The van der Waals surface area contributed by atoms with Crippen LogP contribution in [0.2, 0.25) is 0 Å². The second-order valence-electron chi connectivity index (χ2n) is 8.95. The van der Waals surface area contributed by atoms with Gasteiger partial charge in [0.15, 0.2) is 9.84 Å². The van der Waals surface area contributed by atoms with Crippen LogP contribution >= 0.6 is 0 Å². The molecule has 198 valence electrons. The Morgan fingerprint density at radius 2 is 1.94 bits per heavy atom. The van der Waals surface area contributed by atoms with Gasteiger partial charge in [0.05, 0.1) is 16.3 Å². The molecule has 5 N–H and O–H groups in total. The Morgan fingerprint density at radius 1 is 1.28 bits per heavy atom. The van der Waals surface area contributed by atoms with E-state index in [0.717, 1.165) is 30.2 Å². The van der Waals surface area contributed by atoms with Crippen LogP contribution in [0, 0.1) is 12.8 Å². The van der Waals surface area contributed by atoms with Gasteiger partial charge in [-0.1, -0.05) is 39.0 Å². The topological polar surface area (TPSA) is 141 Å². The summed E-state index contributed by atoms with van der Waals surface area (Å²) >= 11 is 0. The highest BCUT2D eigenvalue weighted by Gasteiger charge is 2.11. The first-order valence-electron chi connectivity index (χ1n) is 11.8. The Hall–Kier alpha value is -3.24. The first-order chi connectivity index (χ1) is 16.8. The minimum Gasteiger partial charge on any atom is -0.369 e. The molecule has 9 nitrogen and oxygen atoms in total. The second kappa shape index (κ2) is 14.4. The zero-order valence-corrected chi connectivity index (χ0v) is 23.3. The van der Waals surface area contributed by atoms with Gasteiger partial charge in [0.25, 0.3) is 0 Å². The fourth-order valence-electron chi connectivity index (χ4n) is 3.13. The smallest absolute Gasteiger partial charge is 0.206 e. The second-order valence-corrected chi connectivity index (χ2v) is 11.0. The normalized spacial score (nSPS) is 12.3. The molecule has 10 heteroatoms. The molecule has 2 heterocycles. The molecule has 2 aromatic heterocycles. The Balaban J connectivity index is 0.000000358. The molecule has 1 aromatic carbocycles. The maximum atomic E-state index is 11.6. The van der Waals surface area contributed by atoms with E-state index >= 15 is 0 Å². The molecular weight excluding hydrogens is 474 g/mol. The highest BCUT2D eigenvalue weighted by molar-refractivity contribution is 7.90. The average molecular weight is 516 g/mol. The lowest BCUT2D eigenvalue weighted by Gasteiger charge is -2.09. The lowest BCUT2D eigenvalue weighted by molar-refractivity contribution is 0.486. The highest BCUT2D eigenvalue weighted by atomic mass is 32.2. The number of nitrogens with zero attached hydrogens (tertiary/aromatic N) is 4. The average Bonchev–Trinajstić information content (AvgIpc) is 3.20. The number of nitrogens with one attached hydrogen (secondary N) is 1. The predicted molar refractivity (Wildman–Crippen MR) is 151 cm³/mol. The molecule has 0 fully saturated rings. The van der Waals surface area contributed by atoms with Crippen molar-refractivity contribution in [3.63, 3.8) is 0 Å². The van der Waals surface area contributed by atoms with Crippen molar-refractivity contribution in [2.24, 2.45) is 16.8 Å². The van der Waals surface area contributed by atoms with Gasteiger partial charge in [-0.2, -0.15) is 5.10 Å². The summed E-state index contributed by atoms with van der Waals surface area (Å²) < 4.78 is 25.0. The van der Waals surface area contributed by atoms with Crippen LogP contribution in [0.25, 0.3) is 16.9 Å². The zero-order chi connectivity index (χ0) is 27.5. The fourth-order valence-corrected chi connectivity index (χ4v) is 3.80. The maximum absolute atomic E-state index is 11.6. The van der Waals surface area contributed by atoms with Crippen molar-refractivity contribution in [2.45, 2.75) is 65.3 Å². The Labute approximate surface area is 215 Å². The molecular formula is C26H41N7O2S. The number of allylic oxidation sites excluding steroid dienone is 2. The molecule has 0 amide bonds. The van der Waals surface area contributed by atoms with Crippen LogP contribution < -0.4 is 16.9 Å². The van der Waals surface area contributed by atoms with Crippen LogP contribution in [0.3, 0.4) is 0 Å². The van der Waals surface area contributed by atoms with Gasteiger partial charge in [-0.25, -0.2) is 18.4 Å². The minimum atomic E-state index is -3.26. The van der Waals surface area contributed by atoms with Crippen molar-refractivity contribution in [2.75, 3.05) is 12.0 Å². The lowest BCUT2D eigenvalue weighted by atomic mass is 10.0. The van der Waals surface area contributed by atoms with Crippen molar-refractivity contribution in [3.8, 4) is 11.3 Å². The molecule has 0 bridgehead atoms. The van der Waals surface area contributed by atoms with E-state index in [1.165, 1.54) is 6.26 Å². The molecule has 3 aromatic rings. The van der Waals surface area contributed by atoms with E-state index in [-0.39, 0.29) is 4.90 Å². The fraction of sp³-hybridized carbons (Fsp3) is 0.423. The molecule has 1 unspecified atom stereocenters. The number of hydrogen-bond acceptors (Lipinski definition) is 8. The van der Waals surface area contributed by atoms with Gasteiger partial charge >= 0.3 is 0 Å². The number of nitrogens with two attached hydrogens (primary N) is 2. The summed E-state index contributed by atoms with van der Waals surface area (Å²) in [5.74, 6) is 1.07. The standard InChI is InChI=1S/C14H14N4O2S.C7H17N.C5H10N2/c1-9-8-18-13(16-9)7-12(17-14(18)15)10-4-3-5-11(6-10)21(2,19)20;1-4-7(8)5-6(2)3;1-4-5(2)7-6-3/h3-8H,1-2H3,(H2,15,17);6-7H,4-5,8H2,1-3H3;4,7H,3H2,1-2H3/b;;5-4-. The van der Waals surface area contributed by atoms with Crippen molar-refractivity contribution >= 4 is 28.2 Å². The molecule has 0 aliphatic rings. The third-order valence-electron chi connectivity index (χ3n) is 5.15. The van der Waals surface area contributed by atoms with Crippen LogP contribution in [0.15, 0.2) is 58.3 Å². The monoisotopic (exact) mass is 515 g/mol. The SMILES string of the molecule is C=NN/C(C)=C\C.CCC(N)CC(C)C.Cc1cn2c(N)nc(-c3cccc(S(C)(=O)=O)c3)cc2n1. The number of rotatable bonds is 7. The Morgan fingerprint density at radius 3 is 2.42 bits per heavy atom. The number of fused-ring (bicyclic) bond motifs is 1. The summed E-state index contributed by atoms with van der Waals surface area (Å²) in [6.45, 7) is 15.5. The Bertz CT molecular complexity index is 1260. The third kappa shape index (κ3) is 10.2. The van der Waals surface area contributed by atoms with E-state index in [9.17, 15) is 8.42 Å². The van der Waals surface area contributed by atoms with E-state index in [2.05, 4.69) is 48.0 Å². The van der Waals surface area contributed by atoms with Crippen LogP contribution in [0.5, 0.6) is 0 Å². The number of aryl methyl sites for hydroxylation is 1. The van der Waals surface area contributed by atoms with Crippen molar-refractivity contribution < 1.29 is 8.42 Å². The van der Waals surface area contributed by atoms with E-state index < -0.39 is 9.84 Å². The van der Waals surface area contributed by atoms with Crippen molar-refractivity contribution in [3.05, 3.63) is 54.0 Å². The number of benzene rings is 1. The summed E-state index contributed by atoms with van der Waals surface area (Å²) in [5.41, 5.74) is 18.1. The minimum absolute atomic E-state index is 0.250. The van der Waals surface area contributed by atoms with Crippen LogP contribution in [-0.2, 0) is 9.84 Å². The molecule has 0 saturated carbocycles. The van der Waals surface area contributed by atoms with Gasteiger partial charge in [0.2, 0.25) is 5.95 Å². The first-order valence-corrected chi connectivity index (χ1v) is 13.7. The quantitative estimate of drug-likeness (QED) is 0.309. The van der Waals surface area contributed by atoms with E-state index in [4.69, 9.17) is 11.5 Å².